The third-order valence-corrected chi connectivity index (χ3v) is 5.16. The largest absolute Gasteiger partial charge is 0.492 e. The minimum atomic E-state index is -0.440. The molecule has 0 bridgehead atoms. The van der Waals surface area contributed by atoms with Crippen molar-refractivity contribution in [2.45, 2.75) is 24.3 Å². The number of carbonyl (C=O) groups excluding carboxylic acids is 1. The van der Waals surface area contributed by atoms with Crippen LogP contribution in [-0.4, -0.2) is 44.8 Å². The van der Waals surface area contributed by atoms with Gasteiger partial charge in [-0.3, -0.25) is 4.79 Å². The van der Waals surface area contributed by atoms with Gasteiger partial charge in [0.05, 0.1) is 11.9 Å². The molecule has 29 heavy (non-hydrogen) atoms. The smallest absolute Gasteiger partial charge is 0.237 e. The number of thioether (sulfide) groups is 1. The summed E-state index contributed by atoms with van der Waals surface area (Å²) in [6, 6.07) is 12.7. The number of para-hydroxylation sites is 2. The van der Waals surface area contributed by atoms with Crippen molar-refractivity contribution < 1.29 is 19.0 Å². The van der Waals surface area contributed by atoms with E-state index >= 15 is 0 Å². The average Bonchev–Trinajstić information content (AvgIpc) is 3.37. The number of fused-ring (bicyclic) bond motifs is 1. The van der Waals surface area contributed by atoms with Crippen LogP contribution < -0.4 is 19.5 Å². The molecule has 1 aliphatic heterocycles. The quantitative estimate of drug-likeness (QED) is 0.590. The van der Waals surface area contributed by atoms with Crippen molar-refractivity contribution in [1.29, 1.82) is 0 Å². The van der Waals surface area contributed by atoms with Crippen LogP contribution in [0.3, 0.4) is 0 Å². The van der Waals surface area contributed by atoms with Gasteiger partial charge in [-0.25, -0.2) is 0 Å². The Morgan fingerprint density at radius 3 is 2.97 bits per heavy atom. The highest BCUT2D eigenvalue weighted by molar-refractivity contribution is 8.00. The number of carbonyl (C=O) groups is 1. The number of hydrogen-bond donors (Lipinski definition) is 1. The number of rotatable bonds is 7. The number of aromatic nitrogens is 4. The molecule has 0 radical (unpaired) electrons. The van der Waals surface area contributed by atoms with Gasteiger partial charge >= 0.3 is 0 Å². The lowest BCUT2D eigenvalue weighted by molar-refractivity contribution is -0.115. The summed E-state index contributed by atoms with van der Waals surface area (Å²) >= 11 is 1.25. The van der Waals surface area contributed by atoms with Gasteiger partial charge in [-0.15, -0.1) is 5.10 Å². The van der Waals surface area contributed by atoms with E-state index in [-0.39, 0.29) is 12.7 Å². The normalized spacial score (nSPS) is 13.2. The molecule has 2 heterocycles. The predicted octanol–water partition coefficient (Wildman–Crippen LogP) is 2.91. The van der Waals surface area contributed by atoms with Gasteiger partial charge in [-0.2, -0.15) is 4.68 Å². The van der Waals surface area contributed by atoms with Crippen molar-refractivity contribution in [3.63, 3.8) is 0 Å². The summed E-state index contributed by atoms with van der Waals surface area (Å²) in [7, 11) is 0. The lowest BCUT2D eigenvalue weighted by atomic mass is 10.2. The molecule has 0 aliphatic carbocycles. The maximum Gasteiger partial charge on any atom is 0.237 e. The number of nitrogens with zero attached hydrogens (tertiary/aromatic N) is 4. The standard InChI is InChI=1S/C19H19N5O4S/c1-3-26-15-7-5-4-6-14(15)24-19(21-22-23-24)29-12(2)18(25)20-13-8-9-16-17(10-13)28-11-27-16/h4-10,12H,3,11H2,1-2H3,(H,20,25)/t12-/m0/s1. The molecule has 4 rings (SSSR count). The molecule has 3 aromatic rings. The molecule has 0 saturated heterocycles. The zero-order valence-electron chi connectivity index (χ0n) is 15.9. The summed E-state index contributed by atoms with van der Waals surface area (Å²) in [5.41, 5.74) is 1.35. The lowest BCUT2D eigenvalue weighted by Gasteiger charge is -2.13. The highest BCUT2D eigenvalue weighted by Gasteiger charge is 2.21. The van der Waals surface area contributed by atoms with Gasteiger partial charge in [0, 0.05) is 11.8 Å². The van der Waals surface area contributed by atoms with Gasteiger partial charge in [-0.1, -0.05) is 23.9 Å². The summed E-state index contributed by atoms with van der Waals surface area (Å²) < 4.78 is 17.9. The minimum Gasteiger partial charge on any atom is -0.492 e. The maximum absolute atomic E-state index is 12.6. The van der Waals surface area contributed by atoms with Crippen molar-refractivity contribution in [2.24, 2.45) is 0 Å². The van der Waals surface area contributed by atoms with Crippen LogP contribution in [0.4, 0.5) is 5.69 Å². The van der Waals surface area contributed by atoms with Crippen LogP contribution >= 0.6 is 11.8 Å². The molecule has 0 spiro atoms. The monoisotopic (exact) mass is 413 g/mol. The van der Waals surface area contributed by atoms with Gasteiger partial charge in [0.2, 0.25) is 17.9 Å². The van der Waals surface area contributed by atoms with Crippen molar-refractivity contribution in [2.75, 3.05) is 18.7 Å². The first kappa shape index (κ1) is 19.1. The van der Waals surface area contributed by atoms with E-state index in [0.717, 1.165) is 0 Å². The number of benzene rings is 2. The number of amides is 1. The van der Waals surface area contributed by atoms with Crippen LogP contribution in [0.25, 0.3) is 5.69 Å². The summed E-state index contributed by atoms with van der Waals surface area (Å²) in [4.78, 5) is 12.6. The molecule has 0 unspecified atom stereocenters. The fourth-order valence-electron chi connectivity index (χ4n) is 2.74. The Hall–Kier alpha value is -3.27. The van der Waals surface area contributed by atoms with E-state index in [1.807, 2.05) is 31.2 Å². The Bertz CT molecular complexity index is 1030. The number of hydrogen-bond acceptors (Lipinski definition) is 8. The topological polar surface area (TPSA) is 100 Å². The second kappa shape index (κ2) is 8.39. The summed E-state index contributed by atoms with van der Waals surface area (Å²) in [6.07, 6.45) is 0. The number of tetrazole rings is 1. The number of anilines is 1. The molecular formula is C19H19N5O4S. The van der Waals surface area contributed by atoms with E-state index in [2.05, 4.69) is 20.8 Å². The fourth-order valence-corrected chi connectivity index (χ4v) is 3.54. The van der Waals surface area contributed by atoms with Crippen LogP contribution in [-0.2, 0) is 4.79 Å². The highest BCUT2D eigenvalue weighted by atomic mass is 32.2. The maximum atomic E-state index is 12.6. The molecule has 2 aromatic carbocycles. The number of ether oxygens (including phenoxy) is 3. The van der Waals surface area contributed by atoms with Gasteiger partial charge < -0.3 is 19.5 Å². The Kier molecular flexibility index (Phi) is 5.52. The van der Waals surface area contributed by atoms with Gasteiger partial charge in [0.25, 0.3) is 0 Å². The van der Waals surface area contributed by atoms with E-state index in [0.29, 0.717) is 40.4 Å². The third-order valence-electron chi connectivity index (χ3n) is 4.13. The van der Waals surface area contributed by atoms with Crippen LogP contribution in [0.2, 0.25) is 0 Å². The number of nitrogens with one attached hydrogen (secondary N) is 1. The van der Waals surface area contributed by atoms with Crippen molar-refractivity contribution in [3.8, 4) is 22.9 Å². The Balaban J connectivity index is 1.47. The minimum absolute atomic E-state index is 0.179. The van der Waals surface area contributed by atoms with Gasteiger partial charge in [0.1, 0.15) is 11.4 Å². The van der Waals surface area contributed by atoms with E-state index < -0.39 is 5.25 Å². The predicted molar refractivity (Wildman–Crippen MR) is 107 cm³/mol. The molecule has 1 amide bonds. The highest BCUT2D eigenvalue weighted by Crippen LogP contribution is 2.34. The van der Waals surface area contributed by atoms with Crippen molar-refractivity contribution in [1.82, 2.24) is 20.2 Å². The Morgan fingerprint density at radius 1 is 1.28 bits per heavy atom. The van der Waals surface area contributed by atoms with Crippen LogP contribution in [0.1, 0.15) is 13.8 Å². The summed E-state index contributed by atoms with van der Waals surface area (Å²) in [5, 5.41) is 14.8. The summed E-state index contributed by atoms with van der Waals surface area (Å²) in [6.45, 7) is 4.41. The molecular weight excluding hydrogens is 394 g/mol. The first-order chi connectivity index (χ1) is 14.2. The van der Waals surface area contributed by atoms with E-state index in [9.17, 15) is 4.79 Å². The SMILES string of the molecule is CCOc1ccccc1-n1nnnc1S[C@@H](C)C(=O)Nc1ccc2c(c1)OCO2. The van der Waals surface area contributed by atoms with E-state index in [1.165, 1.54) is 11.8 Å². The fraction of sp³-hybridized carbons (Fsp3) is 0.263. The third kappa shape index (κ3) is 4.11. The molecule has 1 atom stereocenters. The van der Waals surface area contributed by atoms with Gasteiger partial charge in [0.15, 0.2) is 11.5 Å². The molecule has 150 valence electrons. The average molecular weight is 413 g/mol. The van der Waals surface area contributed by atoms with Crippen LogP contribution in [0.15, 0.2) is 47.6 Å². The van der Waals surface area contributed by atoms with Crippen molar-refractivity contribution >= 4 is 23.4 Å². The second-order valence-corrected chi connectivity index (χ2v) is 7.40. The van der Waals surface area contributed by atoms with Crippen LogP contribution in [0.5, 0.6) is 17.2 Å². The Labute approximate surface area is 171 Å². The molecule has 1 aromatic heterocycles. The van der Waals surface area contributed by atoms with E-state index in [4.69, 9.17) is 14.2 Å². The molecule has 0 fully saturated rings. The zero-order valence-corrected chi connectivity index (χ0v) is 16.7. The zero-order chi connectivity index (χ0) is 20.2. The van der Waals surface area contributed by atoms with E-state index in [1.54, 1.807) is 29.8 Å². The molecule has 10 heteroatoms. The Morgan fingerprint density at radius 2 is 2.10 bits per heavy atom. The molecule has 1 aliphatic rings. The van der Waals surface area contributed by atoms with Gasteiger partial charge in [-0.05, 0) is 48.5 Å². The molecule has 0 saturated carbocycles. The second-order valence-electron chi connectivity index (χ2n) is 6.09. The first-order valence-corrected chi connectivity index (χ1v) is 9.91. The molecule has 1 N–H and O–H groups in total. The lowest BCUT2D eigenvalue weighted by Crippen LogP contribution is -2.23. The van der Waals surface area contributed by atoms with Crippen molar-refractivity contribution in [3.05, 3.63) is 42.5 Å². The summed E-state index contributed by atoms with van der Waals surface area (Å²) in [5.74, 6) is 1.76. The first-order valence-electron chi connectivity index (χ1n) is 9.03. The van der Waals surface area contributed by atoms with Crippen LogP contribution in [0, 0.1) is 0 Å². The molecule has 9 nitrogen and oxygen atoms in total.